The average Bonchev–Trinajstić information content (AvgIpc) is 3.20. The van der Waals surface area contributed by atoms with E-state index in [2.05, 4.69) is 20.6 Å². The van der Waals surface area contributed by atoms with E-state index in [0.29, 0.717) is 12.5 Å². The summed E-state index contributed by atoms with van der Waals surface area (Å²) in [6.07, 6.45) is -4.44. The molecule has 10 heteroatoms. The predicted octanol–water partition coefficient (Wildman–Crippen LogP) is 3.19. The molecular weight excluding hydrogens is 373 g/mol. The molecule has 25 heavy (non-hydrogen) atoms. The Kier molecular flexibility index (Phi) is 6.42. The van der Waals surface area contributed by atoms with E-state index in [-0.39, 0.29) is 18.1 Å². The molecule has 0 spiro atoms. The van der Waals surface area contributed by atoms with Crippen molar-refractivity contribution >= 4 is 28.6 Å². The van der Waals surface area contributed by atoms with Gasteiger partial charge in [0.15, 0.2) is 11.7 Å². The van der Waals surface area contributed by atoms with Crippen LogP contribution in [-0.4, -0.2) is 29.1 Å². The summed E-state index contributed by atoms with van der Waals surface area (Å²) in [5, 5.41) is 21.5. The van der Waals surface area contributed by atoms with Crippen molar-refractivity contribution in [1.29, 1.82) is 0 Å². The van der Waals surface area contributed by atoms with Crippen molar-refractivity contribution in [3.05, 3.63) is 38.5 Å². The van der Waals surface area contributed by atoms with Gasteiger partial charge in [0.25, 0.3) is 0 Å². The molecule has 0 radical (unpaired) electrons. The number of aliphatic imine (C=N–C) groups is 1. The van der Waals surface area contributed by atoms with E-state index in [1.165, 1.54) is 11.3 Å². The fourth-order valence-electron chi connectivity index (χ4n) is 1.93. The maximum Gasteiger partial charge on any atom is 0.434 e. The Balaban J connectivity index is 2.00. The molecule has 0 aromatic carbocycles. The Bertz CT molecular complexity index is 696. The van der Waals surface area contributed by atoms with Crippen LogP contribution in [0.5, 0.6) is 0 Å². The van der Waals surface area contributed by atoms with Crippen LogP contribution in [-0.2, 0) is 18.3 Å². The normalized spacial score (nSPS) is 15.0. The summed E-state index contributed by atoms with van der Waals surface area (Å²) in [6, 6.07) is 1.84. The Morgan fingerprint density at radius 3 is 2.64 bits per heavy atom. The molecule has 2 heterocycles. The lowest BCUT2D eigenvalue weighted by molar-refractivity contribution is -0.140. The molecule has 2 aromatic rings. The molecule has 0 saturated carbocycles. The number of rotatable bonds is 6. The molecule has 0 aliphatic heterocycles. The Morgan fingerprint density at radius 1 is 1.32 bits per heavy atom. The summed E-state index contributed by atoms with van der Waals surface area (Å²) in [7, 11) is 0. The lowest BCUT2D eigenvalue weighted by atomic mass is 9.99. The second-order valence-corrected chi connectivity index (χ2v) is 7.18. The van der Waals surface area contributed by atoms with E-state index in [0.717, 1.165) is 22.3 Å². The zero-order chi connectivity index (χ0) is 18.5. The van der Waals surface area contributed by atoms with E-state index in [1.54, 1.807) is 6.92 Å². The predicted molar refractivity (Wildman–Crippen MR) is 93.8 cm³/mol. The number of alkyl halides is 3. The van der Waals surface area contributed by atoms with Crippen LogP contribution >= 0.6 is 22.7 Å². The number of thiazole rings is 1. The zero-order valence-electron chi connectivity index (χ0n) is 13.7. The van der Waals surface area contributed by atoms with Crippen molar-refractivity contribution in [2.75, 3.05) is 13.1 Å². The first kappa shape index (κ1) is 19.7. The molecule has 1 unspecified atom stereocenters. The molecular formula is C15H19F3N4OS2. The smallest absolute Gasteiger partial charge is 0.384 e. The molecule has 0 bridgehead atoms. The molecule has 0 aliphatic carbocycles. The van der Waals surface area contributed by atoms with E-state index in [4.69, 9.17) is 0 Å². The molecule has 2 rings (SSSR count). The summed E-state index contributed by atoms with van der Waals surface area (Å²) >= 11 is 2.41. The highest BCUT2D eigenvalue weighted by atomic mass is 32.1. The first-order valence-electron chi connectivity index (χ1n) is 7.51. The summed E-state index contributed by atoms with van der Waals surface area (Å²) in [5.41, 5.74) is -1.20. The van der Waals surface area contributed by atoms with Crippen molar-refractivity contribution in [3.8, 4) is 0 Å². The van der Waals surface area contributed by atoms with Crippen LogP contribution in [0.15, 0.2) is 27.2 Å². The van der Waals surface area contributed by atoms with E-state index in [9.17, 15) is 18.3 Å². The highest BCUT2D eigenvalue weighted by Crippen LogP contribution is 2.30. The number of hydrogen-bond donors (Lipinski definition) is 3. The summed E-state index contributed by atoms with van der Waals surface area (Å²) in [5.74, 6) is 0.404. The van der Waals surface area contributed by atoms with Gasteiger partial charge >= 0.3 is 6.18 Å². The maximum atomic E-state index is 12.6. The fourth-order valence-corrected chi connectivity index (χ4v) is 3.44. The van der Waals surface area contributed by atoms with Gasteiger partial charge in [0.1, 0.15) is 10.6 Å². The van der Waals surface area contributed by atoms with Crippen molar-refractivity contribution in [3.63, 3.8) is 0 Å². The number of aromatic nitrogens is 1. The van der Waals surface area contributed by atoms with Gasteiger partial charge in [0.05, 0.1) is 13.1 Å². The summed E-state index contributed by atoms with van der Waals surface area (Å²) in [4.78, 5) is 7.78. The molecule has 0 fully saturated rings. The fraction of sp³-hybridized carbons (Fsp3) is 0.467. The van der Waals surface area contributed by atoms with Gasteiger partial charge < -0.3 is 15.7 Å². The first-order valence-corrected chi connectivity index (χ1v) is 9.33. The quantitative estimate of drug-likeness (QED) is 0.522. The van der Waals surface area contributed by atoms with Crippen LogP contribution in [0, 0.1) is 0 Å². The second kappa shape index (κ2) is 8.15. The third-order valence-electron chi connectivity index (χ3n) is 3.30. The molecule has 0 amide bonds. The summed E-state index contributed by atoms with van der Waals surface area (Å²) in [6.45, 7) is 4.37. The SMILES string of the molecule is CCNC(=NCc1nc(C(F)(F)F)cs1)NCC(C)(O)c1ccsc1. The molecule has 138 valence electrons. The van der Waals surface area contributed by atoms with Gasteiger partial charge in [-0.1, -0.05) is 0 Å². The van der Waals surface area contributed by atoms with Gasteiger partial charge in [0, 0.05) is 11.9 Å². The number of thiophene rings is 1. The van der Waals surface area contributed by atoms with Crippen molar-refractivity contribution in [2.24, 2.45) is 4.99 Å². The van der Waals surface area contributed by atoms with Crippen LogP contribution in [0.4, 0.5) is 13.2 Å². The van der Waals surface area contributed by atoms with Crippen LogP contribution in [0.3, 0.4) is 0 Å². The lowest BCUT2D eigenvalue weighted by Crippen LogP contribution is -2.44. The number of guanidine groups is 1. The molecule has 1 atom stereocenters. The summed E-state index contributed by atoms with van der Waals surface area (Å²) < 4.78 is 37.7. The van der Waals surface area contributed by atoms with Gasteiger partial charge in [0.2, 0.25) is 0 Å². The average molecular weight is 392 g/mol. The minimum Gasteiger partial charge on any atom is -0.384 e. The van der Waals surface area contributed by atoms with E-state index < -0.39 is 17.5 Å². The standard InChI is InChI=1S/C15H19F3N4OS2/c1-3-19-13(21-9-14(2,23)10-4-5-24-7-10)20-6-12-22-11(8-25-12)15(16,17)18/h4-5,7-8,23H,3,6,9H2,1-2H3,(H2,19,20,21). The van der Waals surface area contributed by atoms with Gasteiger partial charge in [-0.15, -0.1) is 11.3 Å². The number of halogens is 3. The number of hydrogen-bond acceptors (Lipinski definition) is 5. The number of aliphatic hydroxyl groups is 1. The van der Waals surface area contributed by atoms with Gasteiger partial charge in [-0.25, -0.2) is 9.98 Å². The van der Waals surface area contributed by atoms with Gasteiger partial charge in [-0.05, 0) is 36.2 Å². The Labute approximate surface area is 151 Å². The minimum absolute atomic E-state index is 0.0245. The van der Waals surface area contributed by atoms with Crippen LogP contribution < -0.4 is 10.6 Å². The molecule has 2 aromatic heterocycles. The largest absolute Gasteiger partial charge is 0.434 e. The highest BCUT2D eigenvalue weighted by Gasteiger charge is 2.33. The topological polar surface area (TPSA) is 69.5 Å². The van der Waals surface area contributed by atoms with Crippen LogP contribution in [0.25, 0.3) is 0 Å². The second-order valence-electron chi connectivity index (χ2n) is 5.46. The third-order valence-corrected chi connectivity index (χ3v) is 4.82. The van der Waals surface area contributed by atoms with Crippen LogP contribution in [0.1, 0.15) is 30.1 Å². The Morgan fingerprint density at radius 2 is 2.08 bits per heavy atom. The highest BCUT2D eigenvalue weighted by molar-refractivity contribution is 7.09. The van der Waals surface area contributed by atoms with Crippen molar-refractivity contribution in [1.82, 2.24) is 15.6 Å². The monoisotopic (exact) mass is 392 g/mol. The van der Waals surface area contributed by atoms with Gasteiger partial charge in [-0.3, -0.25) is 0 Å². The van der Waals surface area contributed by atoms with Crippen molar-refractivity contribution in [2.45, 2.75) is 32.2 Å². The number of nitrogens with zero attached hydrogens (tertiary/aromatic N) is 2. The molecule has 0 aliphatic rings. The number of nitrogens with one attached hydrogen (secondary N) is 2. The van der Waals surface area contributed by atoms with E-state index in [1.807, 2.05) is 23.8 Å². The minimum atomic E-state index is -4.44. The maximum absolute atomic E-state index is 12.6. The third kappa shape index (κ3) is 5.68. The Hall–Kier alpha value is -1.65. The van der Waals surface area contributed by atoms with Crippen molar-refractivity contribution < 1.29 is 18.3 Å². The van der Waals surface area contributed by atoms with Gasteiger partial charge in [-0.2, -0.15) is 24.5 Å². The molecule has 0 saturated heterocycles. The lowest BCUT2D eigenvalue weighted by Gasteiger charge is -2.24. The van der Waals surface area contributed by atoms with Crippen LogP contribution in [0.2, 0.25) is 0 Å². The zero-order valence-corrected chi connectivity index (χ0v) is 15.4. The molecule has 5 nitrogen and oxygen atoms in total. The molecule has 3 N–H and O–H groups in total. The van der Waals surface area contributed by atoms with E-state index >= 15 is 0 Å². The first-order chi connectivity index (χ1) is 11.7.